The molecule has 6 heteroatoms. The molecule has 1 aromatic carbocycles. The van der Waals surface area contributed by atoms with Crippen LogP contribution in [0.3, 0.4) is 0 Å². The molecule has 0 heterocycles. The normalized spacial score (nSPS) is 10.3. The molecule has 0 fully saturated rings. The van der Waals surface area contributed by atoms with Gasteiger partial charge in [0.2, 0.25) is 5.91 Å². The van der Waals surface area contributed by atoms with Crippen LogP contribution >= 0.6 is 0 Å². The van der Waals surface area contributed by atoms with Crippen molar-refractivity contribution in [3.8, 4) is 11.5 Å². The smallest absolute Gasteiger partial charge is 0.220 e. The average Bonchev–Trinajstić information content (AvgIpc) is 2.44. The number of primary amides is 1. The van der Waals surface area contributed by atoms with Crippen LogP contribution < -0.4 is 20.5 Å². The minimum atomic E-state index is -0.389. The van der Waals surface area contributed by atoms with E-state index in [0.717, 1.165) is 12.1 Å². The van der Waals surface area contributed by atoms with Gasteiger partial charge >= 0.3 is 0 Å². The fourth-order valence-corrected chi connectivity index (χ4v) is 1.68. The Morgan fingerprint density at radius 3 is 2.75 bits per heavy atom. The number of carbonyl (C=O) groups excluding carboxylic acids is 1. The molecule has 0 aliphatic heterocycles. The van der Waals surface area contributed by atoms with Gasteiger partial charge in [0.05, 0.1) is 26.7 Å². The van der Waals surface area contributed by atoms with E-state index in [2.05, 4.69) is 5.32 Å². The molecule has 1 aromatic rings. The van der Waals surface area contributed by atoms with Gasteiger partial charge in [0.1, 0.15) is 0 Å². The van der Waals surface area contributed by atoms with Gasteiger partial charge in [0.15, 0.2) is 11.5 Å². The molecule has 0 atom stereocenters. The third-order valence-corrected chi connectivity index (χ3v) is 2.67. The monoisotopic (exact) mass is 282 g/mol. The minimum Gasteiger partial charge on any atom is -0.493 e. The van der Waals surface area contributed by atoms with Crippen molar-refractivity contribution in [2.75, 3.05) is 34.0 Å². The van der Waals surface area contributed by atoms with Crippen molar-refractivity contribution in [1.82, 2.24) is 5.32 Å². The Bertz CT molecular complexity index is 424. The molecular formula is C14H22N2O4. The number of nitrogens with two attached hydrogens (primary N) is 1. The number of methoxy groups -OCH3 is 2. The summed E-state index contributed by atoms with van der Waals surface area (Å²) in [6.45, 7) is 2.25. The van der Waals surface area contributed by atoms with Gasteiger partial charge in [-0.15, -0.1) is 0 Å². The van der Waals surface area contributed by atoms with Gasteiger partial charge < -0.3 is 25.3 Å². The molecule has 0 spiro atoms. The lowest BCUT2D eigenvalue weighted by atomic mass is 10.2. The molecule has 0 radical (unpaired) electrons. The molecule has 0 saturated heterocycles. The number of para-hydroxylation sites is 1. The highest BCUT2D eigenvalue weighted by molar-refractivity contribution is 5.73. The Morgan fingerprint density at radius 1 is 1.30 bits per heavy atom. The highest BCUT2D eigenvalue weighted by Gasteiger charge is 2.10. The topological polar surface area (TPSA) is 82.8 Å². The zero-order chi connectivity index (χ0) is 14.8. The van der Waals surface area contributed by atoms with E-state index in [0.29, 0.717) is 24.7 Å². The van der Waals surface area contributed by atoms with Gasteiger partial charge in [-0.25, -0.2) is 0 Å². The van der Waals surface area contributed by atoms with Crippen molar-refractivity contribution >= 4 is 5.91 Å². The highest BCUT2D eigenvalue weighted by Crippen LogP contribution is 2.31. The first-order valence-electron chi connectivity index (χ1n) is 6.45. The summed E-state index contributed by atoms with van der Waals surface area (Å²) >= 11 is 0. The molecule has 20 heavy (non-hydrogen) atoms. The van der Waals surface area contributed by atoms with Crippen molar-refractivity contribution in [2.24, 2.45) is 5.73 Å². The average molecular weight is 282 g/mol. The van der Waals surface area contributed by atoms with Crippen LogP contribution in [0.5, 0.6) is 11.5 Å². The first-order valence-corrected chi connectivity index (χ1v) is 6.45. The van der Waals surface area contributed by atoms with Gasteiger partial charge in [-0.2, -0.15) is 0 Å². The molecular weight excluding hydrogens is 260 g/mol. The fraction of sp³-hybridized carbons (Fsp3) is 0.500. The van der Waals surface area contributed by atoms with E-state index in [9.17, 15) is 4.79 Å². The second-order valence-electron chi connectivity index (χ2n) is 4.18. The van der Waals surface area contributed by atoms with E-state index in [1.807, 2.05) is 18.2 Å². The van der Waals surface area contributed by atoms with Crippen LogP contribution in [0.25, 0.3) is 0 Å². The Balaban J connectivity index is 2.68. The third-order valence-electron chi connectivity index (χ3n) is 2.67. The summed E-state index contributed by atoms with van der Waals surface area (Å²) in [6, 6.07) is 5.66. The predicted octanol–water partition coefficient (Wildman–Crippen LogP) is 0.685. The van der Waals surface area contributed by atoms with E-state index >= 15 is 0 Å². The molecule has 1 rings (SSSR count). The largest absolute Gasteiger partial charge is 0.493 e. The molecule has 0 bridgehead atoms. The van der Waals surface area contributed by atoms with Crippen molar-refractivity contribution in [3.05, 3.63) is 23.8 Å². The summed E-state index contributed by atoms with van der Waals surface area (Å²) in [5, 5.41) is 3.24. The number of ether oxygens (including phenoxy) is 3. The number of rotatable bonds is 10. The zero-order valence-corrected chi connectivity index (χ0v) is 12.0. The number of nitrogens with one attached hydrogen (secondary N) is 1. The number of benzene rings is 1. The summed E-state index contributed by atoms with van der Waals surface area (Å²) in [6.07, 6.45) is 0.175. The van der Waals surface area contributed by atoms with Crippen LogP contribution in [0.1, 0.15) is 12.0 Å². The molecule has 0 saturated carbocycles. The number of carbonyl (C=O) groups is 1. The van der Waals surface area contributed by atoms with E-state index in [4.69, 9.17) is 19.9 Å². The van der Waals surface area contributed by atoms with Gasteiger partial charge in [0.25, 0.3) is 0 Å². The standard InChI is InChI=1S/C14H22N2O4/c1-18-9-7-16-10-11-4-3-5-12(19-2)14(11)20-8-6-13(15)17/h3-5,16H,6-10H2,1-2H3,(H2,15,17). The Labute approximate surface area is 119 Å². The van der Waals surface area contributed by atoms with Gasteiger partial charge in [0, 0.05) is 25.8 Å². The summed E-state index contributed by atoms with van der Waals surface area (Å²) in [4.78, 5) is 10.8. The number of hydrogen-bond donors (Lipinski definition) is 2. The quantitative estimate of drug-likeness (QED) is 0.617. The summed E-state index contributed by atoms with van der Waals surface area (Å²) in [5.74, 6) is 0.890. The van der Waals surface area contributed by atoms with Crippen LogP contribution in [0.15, 0.2) is 18.2 Å². The van der Waals surface area contributed by atoms with Crippen molar-refractivity contribution in [2.45, 2.75) is 13.0 Å². The first-order chi connectivity index (χ1) is 9.69. The summed E-state index contributed by atoms with van der Waals surface area (Å²) in [5.41, 5.74) is 6.07. The van der Waals surface area contributed by atoms with Crippen LogP contribution in [0.2, 0.25) is 0 Å². The van der Waals surface area contributed by atoms with E-state index in [1.54, 1.807) is 14.2 Å². The molecule has 112 valence electrons. The van der Waals surface area contributed by atoms with Crippen molar-refractivity contribution < 1.29 is 19.0 Å². The maximum Gasteiger partial charge on any atom is 0.220 e. The second-order valence-corrected chi connectivity index (χ2v) is 4.18. The lowest BCUT2D eigenvalue weighted by molar-refractivity contribution is -0.118. The highest BCUT2D eigenvalue weighted by atomic mass is 16.5. The molecule has 0 aromatic heterocycles. The molecule has 1 amide bonds. The van der Waals surface area contributed by atoms with Gasteiger partial charge in [-0.05, 0) is 6.07 Å². The summed E-state index contributed by atoms with van der Waals surface area (Å²) in [7, 11) is 3.24. The maximum absolute atomic E-state index is 10.8. The molecule has 0 unspecified atom stereocenters. The van der Waals surface area contributed by atoms with Crippen LogP contribution in [-0.4, -0.2) is 39.9 Å². The van der Waals surface area contributed by atoms with Gasteiger partial charge in [-0.3, -0.25) is 4.79 Å². The predicted molar refractivity (Wildman–Crippen MR) is 75.9 cm³/mol. The molecule has 6 nitrogen and oxygen atoms in total. The first kappa shape index (κ1) is 16.3. The molecule has 0 aliphatic carbocycles. The Hall–Kier alpha value is -1.79. The SMILES string of the molecule is COCCNCc1cccc(OC)c1OCCC(N)=O. The zero-order valence-electron chi connectivity index (χ0n) is 12.0. The summed E-state index contributed by atoms with van der Waals surface area (Å²) < 4.78 is 15.9. The van der Waals surface area contributed by atoms with E-state index in [-0.39, 0.29) is 18.9 Å². The van der Waals surface area contributed by atoms with Crippen LogP contribution in [-0.2, 0) is 16.1 Å². The lowest BCUT2D eigenvalue weighted by Gasteiger charge is -2.15. The molecule has 0 aliphatic rings. The minimum absolute atomic E-state index is 0.175. The van der Waals surface area contributed by atoms with E-state index in [1.165, 1.54) is 0 Å². The van der Waals surface area contributed by atoms with Crippen molar-refractivity contribution in [3.63, 3.8) is 0 Å². The van der Waals surface area contributed by atoms with Gasteiger partial charge in [-0.1, -0.05) is 12.1 Å². The maximum atomic E-state index is 10.8. The van der Waals surface area contributed by atoms with E-state index < -0.39 is 0 Å². The Morgan fingerprint density at radius 2 is 2.10 bits per heavy atom. The van der Waals surface area contributed by atoms with Crippen LogP contribution in [0.4, 0.5) is 0 Å². The molecule has 3 N–H and O–H groups in total. The lowest BCUT2D eigenvalue weighted by Crippen LogP contribution is -2.20. The number of amides is 1. The van der Waals surface area contributed by atoms with Crippen LogP contribution in [0, 0.1) is 0 Å². The third kappa shape index (κ3) is 5.46. The second kappa shape index (κ2) is 9.17. The Kier molecular flexibility index (Phi) is 7.46. The fourth-order valence-electron chi connectivity index (χ4n) is 1.68. The van der Waals surface area contributed by atoms with Crippen molar-refractivity contribution in [1.29, 1.82) is 0 Å². The number of hydrogen-bond acceptors (Lipinski definition) is 5.